The number of ether oxygens (including phenoxy) is 2. The van der Waals surface area contributed by atoms with Gasteiger partial charge in [0.05, 0.1) is 5.92 Å². The average Bonchev–Trinajstić information content (AvgIpc) is 3.14. The fraction of sp³-hybridized carbons (Fsp3) is 0.208. The molecule has 0 radical (unpaired) electrons. The van der Waals surface area contributed by atoms with Crippen molar-refractivity contribution in [1.29, 1.82) is 5.26 Å². The van der Waals surface area contributed by atoms with Gasteiger partial charge in [0, 0.05) is 27.0 Å². The van der Waals surface area contributed by atoms with Crippen LogP contribution >= 0.6 is 15.9 Å². The smallest absolute Gasteiger partial charge is 0.262 e. The highest BCUT2D eigenvalue weighted by atomic mass is 79.9. The number of nitrogens with one attached hydrogen (secondary N) is 2. The molecule has 4 rings (SSSR count). The summed E-state index contributed by atoms with van der Waals surface area (Å²) in [5.74, 6) is -0.109. The van der Waals surface area contributed by atoms with Gasteiger partial charge >= 0.3 is 0 Å². The topological polar surface area (TPSA) is 126 Å². The van der Waals surface area contributed by atoms with E-state index in [9.17, 15) is 10.1 Å². The first-order chi connectivity index (χ1) is 15.8. The molecule has 0 bridgehead atoms. The fourth-order valence-electron chi connectivity index (χ4n) is 3.75. The van der Waals surface area contributed by atoms with Gasteiger partial charge < -0.3 is 20.5 Å². The molecule has 4 N–H and O–H groups in total. The number of benzene rings is 2. The van der Waals surface area contributed by atoms with E-state index in [1.165, 1.54) is 0 Å². The Morgan fingerprint density at radius 3 is 2.79 bits per heavy atom. The van der Waals surface area contributed by atoms with Crippen molar-refractivity contribution >= 4 is 27.5 Å². The molecule has 33 heavy (non-hydrogen) atoms. The highest BCUT2D eigenvalue weighted by molar-refractivity contribution is 9.10. The van der Waals surface area contributed by atoms with Crippen LogP contribution in [0.15, 0.2) is 52.3 Å². The van der Waals surface area contributed by atoms with Crippen molar-refractivity contribution in [3.8, 4) is 17.7 Å². The summed E-state index contributed by atoms with van der Waals surface area (Å²) in [4.78, 5) is 12.6. The standard InChI is InChI=1S/C24H22BrN5O3/c1-12-4-6-16(8-13(12)2)28-20(31)11-32-19-7-5-15(25)9-17(19)22-18(10-26)23(27)33-24-21(22)14(3)29-30-24/h4-9,22H,11,27H2,1-3H3,(H,28,31)(H,29,30). The number of hydrogen-bond acceptors (Lipinski definition) is 6. The Kier molecular flexibility index (Phi) is 6.11. The minimum Gasteiger partial charge on any atom is -0.483 e. The van der Waals surface area contributed by atoms with Crippen LogP contribution in [-0.2, 0) is 4.79 Å². The molecule has 2 heterocycles. The number of allylic oxidation sites excluding steroid dienone is 1. The molecule has 0 saturated carbocycles. The zero-order valence-corrected chi connectivity index (χ0v) is 19.9. The normalized spacial score (nSPS) is 14.8. The molecular formula is C24H22BrN5O3. The predicted octanol–water partition coefficient (Wildman–Crippen LogP) is 4.33. The van der Waals surface area contributed by atoms with Crippen molar-refractivity contribution in [2.75, 3.05) is 11.9 Å². The molecule has 1 amide bonds. The third-order valence-corrected chi connectivity index (χ3v) is 6.05. The predicted molar refractivity (Wildman–Crippen MR) is 127 cm³/mol. The number of amides is 1. The van der Waals surface area contributed by atoms with Gasteiger partial charge in [0.15, 0.2) is 6.61 Å². The molecule has 1 aliphatic rings. The van der Waals surface area contributed by atoms with E-state index in [1.54, 1.807) is 6.07 Å². The third-order valence-electron chi connectivity index (χ3n) is 5.56. The second-order valence-corrected chi connectivity index (χ2v) is 8.73. The maximum Gasteiger partial charge on any atom is 0.262 e. The Bertz CT molecular complexity index is 1320. The number of nitrogens with two attached hydrogens (primary N) is 1. The minimum atomic E-state index is -0.562. The molecule has 0 aliphatic carbocycles. The summed E-state index contributed by atoms with van der Waals surface area (Å²) in [5, 5.41) is 19.7. The zero-order chi connectivity index (χ0) is 23.7. The van der Waals surface area contributed by atoms with Crippen molar-refractivity contribution in [2.24, 2.45) is 5.73 Å². The van der Waals surface area contributed by atoms with E-state index in [2.05, 4.69) is 37.5 Å². The monoisotopic (exact) mass is 507 g/mol. The number of H-pyrrole nitrogens is 1. The molecule has 0 saturated heterocycles. The highest BCUT2D eigenvalue weighted by Gasteiger charge is 2.36. The number of fused-ring (bicyclic) bond motifs is 1. The van der Waals surface area contributed by atoms with Crippen molar-refractivity contribution in [3.63, 3.8) is 0 Å². The number of nitrogens with zero attached hydrogens (tertiary/aromatic N) is 2. The van der Waals surface area contributed by atoms with E-state index in [4.69, 9.17) is 15.2 Å². The van der Waals surface area contributed by atoms with Crippen LogP contribution in [0.1, 0.15) is 33.9 Å². The molecule has 1 atom stereocenters. The molecule has 0 fully saturated rings. The molecule has 1 aliphatic heterocycles. The number of aromatic nitrogens is 2. The summed E-state index contributed by atoms with van der Waals surface area (Å²) in [7, 11) is 0. The quantitative estimate of drug-likeness (QED) is 0.471. The maximum atomic E-state index is 12.6. The van der Waals surface area contributed by atoms with Crippen LogP contribution in [0.3, 0.4) is 0 Å². The Morgan fingerprint density at radius 2 is 2.06 bits per heavy atom. The van der Waals surface area contributed by atoms with Crippen LogP contribution in [0.2, 0.25) is 0 Å². The van der Waals surface area contributed by atoms with E-state index in [-0.39, 0.29) is 24.0 Å². The molecular weight excluding hydrogens is 486 g/mol. The van der Waals surface area contributed by atoms with Crippen molar-refractivity contribution in [3.05, 3.63) is 80.3 Å². The van der Waals surface area contributed by atoms with Gasteiger partial charge in [-0.15, -0.1) is 5.10 Å². The summed E-state index contributed by atoms with van der Waals surface area (Å²) in [6.45, 7) is 5.64. The summed E-state index contributed by atoms with van der Waals surface area (Å²) in [6, 6.07) is 13.3. The largest absolute Gasteiger partial charge is 0.483 e. The van der Waals surface area contributed by atoms with E-state index < -0.39 is 5.92 Å². The summed E-state index contributed by atoms with van der Waals surface area (Å²) in [6.07, 6.45) is 0. The molecule has 2 aromatic carbocycles. The molecule has 168 valence electrons. The van der Waals surface area contributed by atoms with E-state index in [1.807, 2.05) is 51.1 Å². The Balaban J connectivity index is 1.63. The van der Waals surface area contributed by atoms with Gasteiger partial charge in [-0.2, -0.15) is 5.26 Å². The Morgan fingerprint density at radius 1 is 1.27 bits per heavy atom. The molecule has 8 nitrogen and oxygen atoms in total. The fourth-order valence-corrected chi connectivity index (χ4v) is 4.12. The number of hydrogen-bond donors (Lipinski definition) is 3. The third kappa shape index (κ3) is 4.43. The number of nitriles is 1. The van der Waals surface area contributed by atoms with Crippen molar-refractivity contribution < 1.29 is 14.3 Å². The first kappa shape index (κ1) is 22.4. The number of halogens is 1. The van der Waals surface area contributed by atoms with Crippen LogP contribution < -0.4 is 20.5 Å². The Hall–Kier alpha value is -3.77. The van der Waals surface area contributed by atoms with Gasteiger partial charge in [-0.1, -0.05) is 22.0 Å². The van der Waals surface area contributed by atoms with E-state index in [0.29, 0.717) is 28.4 Å². The number of rotatable bonds is 5. The molecule has 9 heteroatoms. The van der Waals surface area contributed by atoms with Crippen LogP contribution in [0.4, 0.5) is 5.69 Å². The minimum absolute atomic E-state index is 0.0140. The first-order valence-corrected chi connectivity index (χ1v) is 11.0. The summed E-state index contributed by atoms with van der Waals surface area (Å²) < 4.78 is 12.2. The lowest BCUT2D eigenvalue weighted by Crippen LogP contribution is -2.23. The zero-order valence-electron chi connectivity index (χ0n) is 18.3. The van der Waals surface area contributed by atoms with Crippen LogP contribution in [0.5, 0.6) is 11.6 Å². The number of aryl methyl sites for hydroxylation is 3. The van der Waals surface area contributed by atoms with Crippen molar-refractivity contribution in [2.45, 2.75) is 26.7 Å². The lowest BCUT2D eigenvalue weighted by atomic mass is 9.83. The van der Waals surface area contributed by atoms with Crippen molar-refractivity contribution in [1.82, 2.24) is 10.2 Å². The average molecular weight is 508 g/mol. The van der Waals surface area contributed by atoms with Gasteiger partial charge in [-0.05, 0) is 62.2 Å². The molecule has 1 unspecified atom stereocenters. The van der Waals surface area contributed by atoms with Crippen LogP contribution in [0.25, 0.3) is 0 Å². The van der Waals surface area contributed by atoms with Gasteiger partial charge in [0.2, 0.25) is 11.8 Å². The van der Waals surface area contributed by atoms with E-state index >= 15 is 0 Å². The lowest BCUT2D eigenvalue weighted by Gasteiger charge is -2.25. The number of carbonyl (C=O) groups is 1. The maximum absolute atomic E-state index is 12.6. The summed E-state index contributed by atoms with van der Waals surface area (Å²) >= 11 is 3.49. The summed E-state index contributed by atoms with van der Waals surface area (Å²) in [5.41, 5.74) is 11.3. The van der Waals surface area contributed by atoms with Gasteiger partial charge in [-0.3, -0.25) is 9.89 Å². The van der Waals surface area contributed by atoms with Crippen LogP contribution in [0, 0.1) is 32.1 Å². The van der Waals surface area contributed by atoms with Crippen LogP contribution in [-0.4, -0.2) is 22.7 Å². The molecule has 3 aromatic rings. The molecule has 1 aromatic heterocycles. The number of anilines is 1. The second-order valence-electron chi connectivity index (χ2n) is 7.81. The number of aromatic amines is 1. The van der Waals surface area contributed by atoms with Gasteiger partial charge in [0.1, 0.15) is 17.4 Å². The van der Waals surface area contributed by atoms with E-state index in [0.717, 1.165) is 21.3 Å². The van der Waals surface area contributed by atoms with Gasteiger partial charge in [0.25, 0.3) is 5.91 Å². The lowest BCUT2D eigenvalue weighted by molar-refractivity contribution is -0.118. The SMILES string of the molecule is Cc1ccc(NC(=O)COc2ccc(Br)cc2C2C(C#N)=C(N)Oc3n[nH]c(C)c32)cc1C. The first-order valence-electron chi connectivity index (χ1n) is 10.2. The van der Waals surface area contributed by atoms with Gasteiger partial charge in [-0.25, -0.2) is 0 Å². The second kappa shape index (κ2) is 9.00. The number of carbonyl (C=O) groups excluding carboxylic acids is 1. The molecule has 0 spiro atoms. The highest BCUT2D eigenvalue weighted by Crippen LogP contribution is 2.46. The Labute approximate surface area is 199 Å².